The first-order chi connectivity index (χ1) is 10.2. The number of hydrogen-bond donors (Lipinski definition) is 1. The molecule has 1 unspecified atom stereocenters. The van der Waals surface area contributed by atoms with Crippen LogP contribution in [0.1, 0.15) is 23.6 Å². The molecule has 0 saturated carbocycles. The molecule has 0 spiro atoms. The minimum atomic E-state index is 0.387. The van der Waals surface area contributed by atoms with Gasteiger partial charge in [0, 0.05) is 39.9 Å². The number of rotatable bonds is 11. The first kappa shape index (κ1) is 18.1. The highest BCUT2D eigenvalue weighted by Crippen LogP contribution is 2.17. The molecule has 120 valence electrons. The Labute approximate surface area is 129 Å². The van der Waals surface area contributed by atoms with Gasteiger partial charge < -0.3 is 14.8 Å². The van der Waals surface area contributed by atoms with Crippen molar-refractivity contribution in [1.29, 1.82) is 0 Å². The maximum Gasteiger partial charge on any atom is 0.0589 e. The lowest BCUT2D eigenvalue weighted by molar-refractivity contribution is 0.111. The summed E-state index contributed by atoms with van der Waals surface area (Å²) in [5.74, 6) is 0. The lowest BCUT2D eigenvalue weighted by atomic mass is 10.0. The number of nitrogens with one attached hydrogen (secondary N) is 1. The second-order valence-electron chi connectivity index (χ2n) is 5.37. The molecule has 0 heterocycles. The van der Waals surface area contributed by atoms with E-state index in [0.717, 1.165) is 39.3 Å². The molecule has 0 aliphatic heterocycles. The fourth-order valence-corrected chi connectivity index (χ4v) is 2.36. The zero-order valence-electron chi connectivity index (χ0n) is 13.9. The molecule has 0 radical (unpaired) electrons. The van der Waals surface area contributed by atoms with Crippen molar-refractivity contribution in [2.75, 3.05) is 54.1 Å². The highest BCUT2D eigenvalue weighted by atomic mass is 16.5. The first-order valence-corrected chi connectivity index (χ1v) is 7.65. The Morgan fingerprint density at radius 2 is 1.57 bits per heavy atom. The summed E-state index contributed by atoms with van der Waals surface area (Å²) < 4.78 is 10.4. The van der Waals surface area contributed by atoms with E-state index >= 15 is 0 Å². The predicted molar refractivity (Wildman–Crippen MR) is 87.8 cm³/mol. The van der Waals surface area contributed by atoms with Crippen molar-refractivity contribution in [1.82, 2.24) is 10.2 Å². The molecule has 1 aromatic rings. The Morgan fingerprint density at radius 3 is 2.05 bits per heavy atom. The van der Waals surface area contributed by atoms with Crippen LogP contribution in [0.15, 0.2) is 24.3 Å². The van der Waals surface area contributed by atoms with Gasteiger partial charge in [0.25, 0.3) is 0 Å². The summed E-state index contributed by atoms with van der Waals surface area (Å²) in [5, 5.41) is 3.42. The standard InChI is InChI=1S/C17H30N2O2/c1-15-5-7-16(8-6-15)17(18-2)9-10-19(11-13-20-3)12-14-21-4/h5-8,17-18H,9-14H2,1-4H3. The molecule has 1 N–H and O–H groups in total. The Hall–Kier alpha value is -0.940. The fourth-order valence-electron chi connectivity index (χ4n) is 2.36. The largest absolute Gasteiger partial charge is 0.383 e. The van der Waals surface area contributed by atoms with E-state index in [1.54, 1.807) is 14.2 Å². The Kier molecular flexibility index (Phi) is 9.26. The Morgan fingerprint density at radius 1 is 1.00 bits per heavy atom. The molecular weight excluding hydrogens is 264 g/mol. The van der Waals surface area contributed by atoms with Gasteiger partial charge in [-0.05, 0) is 26.0 Å². The van der Waals surface area contributed by atoms with Gasteiger partial charge in [-0.3, -0.25) is 4.90 Å². The van der Waals surface area contributed by atoms with Crippen LogP contribution in [0.5, 0.6) is 0 Å². The monoisotopic (exact) mass is 294 g/mol. The molecule has 1 atom stereocenters. The fraction of sp³-hybridized carbons (Fsp3) is 0.647. The van der Waals surface area contributed by atoms with Crippen molar-refractivity contribution in [2.45, 2.75) is 19.4 Å². The van der Waals surface area contributed by atoms with Crippen molar-refractivity contribution < 1.29 is 9.47 Å². The summed E-state index contributed by atoms with van der Waals surface area (Å²) in [6, 6.07) is 9.16. The molecule has 1 rings (SSSR count). The highest BCUT2D eigenvalue weighted by Gasteiger charge is 2.12. The van der Waals surface area contributed by atoms with Gasteiger partial charge in [-0.1, -0.05) is 29.8 Å². The topological polar surface area (TPSA) is 33.7 Å². The molecule has 0 aliphatic carbocycles. The minimum absolute atomic E-state index is 0.387. The molecule has 0 aromatic heterocycles. The average Bonchev–Trinajstić information content (AvgIpc) is 2.51. The van der Waals surface area contributed by atoms with E-state index in [9.17, 15) is 0 Å². The van der Waals surface area contributed by atoms with Crippen LogP contribution in [-0.4, -0.2) is 59.0 Å². The van der Waals surface area contributed by atoms with Crippen LogP contribution in [-0.2, 0) is 9.47 Å². The molecule has 0 aliphatic rings. The first-order valence-electron chi connectivity index (χ1n) is 7.65. The van der Waals surface area contributed by atoms with Crippen LogP contribution in [0, 0.1) is 6.92 Å². The van der Waals surface area contributed by atoms with Crippen LogP contribution in [0.25, 0.3) is 0 Å². The summed E-state index contributed by atoms with van der Waals surface area (Å²) in [6.45, 7) is 6.58. The third kappa shape index (κ3) is 7.05. The van der Waals surface area contributed by atoms with Crippen molar-refractivity contribution in [3.8, 4) is 0 Å². The van der Waals surface area contributed by atoms with Crippen molar-refractivity contribution >= 4 is 0 Å². The van der Waals surface area contributed by atoms with Gasteiger partial charge in [0.05, 0.1) is 13.2 Å². The van der Waals surface area contributed by atoms with Crippen LogP contribution in [0.4, 0.5) is 0 Å². The van der Waals surface area contributed by atoms with E-state index < -0.39 is 0 Å². The van der Waals surface area contributed by atoms with Crippen LogP contribution < -0.4 is 5.32 Å². The number of hydrogen-bond acceptors (Lipinski definition) is 4. The average molecular weight is 294 g/mol. The van der Waals surface area contributed by atoms with Crippen molar-refractivity contribution in [3.05, 3.63) is 35.4 Å². The van der Waals surface area contributed by atoms with Gasteiger partial charge in [-0.2, -0.15) is 0 Å². The minimum Gasteiger partial charge on any atom is -0.383 e. The third-order valence-corrected chi connectivity index (χ3v) is 3.79. The maximum absolute atomic E-state index is 5.19. The van der Waals surface area contributed by atoms with Gasteiger partial charge in [0.2, 0.25) is 0 Å². The zero-order chi connectivity index (χ0) is 15.5. The SMILES string of the molecule is CNC(CCN(CCOC)CCOC)c1ccc(C)cc1. The summed E-state index contributed by atoms with van der Waals surface area (Å²) in [5.41, 5.74) is 2.65. The van der Waals surface area contributed by atoms with Crippen molar-refractivity contribution in [2.24, 2.45) is 0 Å². The third-order valence-electron chi connectivity index (χ3n) is 3.79. The van der Waals surface area contributed by atoms with E-state index in [0.29, 0.717) is 6.04 Å². The van der Waals surface area contributed by atoms with Gasteiger partial charge in [0.1, 0.15) is 0 Å². The quantitative estimate of drug-likeness (QED) is 0.679. The maximum atomic E-state index is 5.19. The number of ether oxygens (including phenoxy) is 2. The molecule has 4 nitrogen and oxygen atoms in total. The second kappa shape index (κ2) is 10.7. The van der Waals surface area contributed by atoms with Gasteiger partial charge in [0.15, 0.2) is 0 Å². The number of nitrogens with zero attached hydrogens (tertiary/aromatic N) is 1. The molecule has 0 bridgehead atoms. The number of methoxy groups -OCH3 is 2. The summed E-state index contributed by atoms with van der Waals surface area (Å²) in [7, 11) is 5.52. The molecule has 0 amide bonds. The second-order valence-corrected chi connectivity index (χ2v) is 5.37. The Balaban J connectivity index is 2.51. The smallest absolute Gasteiger partial charge is 0.0589 e. The van der Waals surface area contributed by atoms with E-state index in [1.165, 1.54) is 11.1 Å². The van der Waals surface area contributed by atoms with Crippen LogP contribution >= 0.6 is 0 Å². The summed E-state index contributed by atoms with van der Waals surface area (Å²) in [6.07, 6.45) is 1.08. The lowest BCUT2D eigenvalue weighted by Gasteiger charge is -2.25. The number of benzene rings is 1. The summed E-state index contributed by atoms with van der Waals surface area (Å²) in [4.78, 5) is 2.39. The van der Waals surface area contributed by atoms with E-state index in [4.69, 9.17) is 9.47 Å². The van der Waals surface area contributed by atoms with E-state index in [-0.39, 0.29) is 0 Å². The zero-order valence-corrected chi connectivity index (χ0v) is 13.9. The molecule has 0 saturated heterocycles. The van der Waals surface area contributed by atoms with Gasteiger partial charge >= 0.3 is 0 Å². The Bertz CT molecular complexity index is 360. The number of aryl methyl sites for hydroxylation is 1. The van der Waals surface area contributed by atoms with Gasteiger partial charge in [-0.15, -0.1) is 0 Å². The van der Waals surface area contributed by atoms with E-state index in [1.807, 2.05) is 7.05 Å². The molecular formula is C17H30N2O2. The summed E-state index contributed by atoms with van der Waals surface area (Å²) >= 11 is 0. The molecule has 21 heavy (non-hydrogen) atoms. The van der Waals surface area contributed by atoms with Crippen LogP contribution in [0.2, 0.25) is 0 Å². The molecule has 0 fully saturated rings. The molecule has 4 heteroatoms. The van der Waals surface area contributed by atoms with E-state index in [2.05, 4.69) is 41.4 Å². The van der Waals surface area contributed by atoms with Gasteiger partial charge in [-0.25, -0.2) is 0 Å². The highest BCUT2D eigenvalue weighted by molar-refractivity contribution is 5.24. The predicted octanol–water partition coefficient (Wildman–Crippen LogP) is 2.24. The molecule has 1 aromatic carbocycles. The normalized spacial score (nSPS) is 12.8. The lowest BCUT2D eigenvalue weighted by Crippen LogP contribution is -2.33. The van der Waals surface area contributed by atoms with Crippen LogP contribution in [0.3, 0.4) is 0 Å². The van der Waals surface area contributed by atoms with Crippen molar-refractivity contribution in [3.63, 3.8) is 0 Å².